The minimum absolute atomic E-state index is 0. The summed E-state index contributed by atoms with van der Waals surface area (Å²) in [6.45, 7) is 0. The van der Waals surface area contributed by atoms with Crippen molar-refractivity contribution in [2.45, 2.75) is 0 Å². The van der Waals surface area contributed by atoms with E-state index in [9.17, 15) is 0 Å². The van der Waals surface area contributed by atoms with Crippen LogP contribution in [0.4, 0.5) is 0 Å². The molecule has 0 bridgehead atoms. The molecule has 0 amide bonds. The van der Waals surface area contributed by atoms with E-state index >= 15 is 0 Å². The SMILES string of the molecule is O=P([O-])([O-])[O-].[Fe+2].[Na+].[O-][Br+2]([O-])O. The summed E-state index contributed by atoms with van der Waals surface area (Å²) in [5, 5.41) is 0. The minimum Gasteiger partial charge on any atom is -0.822 e. The predicted octanol–water partition coefficient (Wildman–Crippen LogP) is -8.76. The molecule has 7 nitrogen and oxygen atoms in total. The van der Waals surface area contributed by atoms with Gasteiger partial charge in [-0.3, -0.25) is 0 Å². The van der Waals surface area contributed by atoms with Gasteiger partial charge in [0, 0.05) is 0 Å². The van der Waals surface area contributed by atoms with Gasteiger partial charge in [0.2, 0.25) is 0 Å². The van der Waals surface area contributed by atoms with E-state index in [0.717, 1.165) is 0 Å². The first kappa shape index (κ1) is 23.1. The first-order chi connectivity index (χ1) is 3.73. The molecule has 0 spiro atoms. The number of phosphoric acid groups is 1. The molecule has 0 aromatic rings. The van der Waals surface area contributed by atoms with Crippen LogP contribution in [-0.4, -0.2) is 4.20 Å². The number of rotatable bonds is 0. The standard InChI is InChI=1S/BrHO3.Fe.Na.H3O4P/c2-1(3)4;;;1-5(2,3)4/h2H;;;(H3,1,2,3,4)/q;+2;+1;/p-3. The monoisotopic (exact) mass is 302 g/mol. The van der Waals surface area contributed by atoms with Crippen LogP contribution in [0, 0.1) is 14.8 Å². The van der Waals surface area contributed by atoms with Crippen molar-refractivity contribution in [2.24, 2.45) is 0 Å². The van der Waals surface area contributed by atoms with Crippen LogP contribution >= 0.6 is 7.82 Å². The van der Waals surface area contributed by atoms with Crippen LogP contribution in [0.15, 0.2) is 0 Å². The van der Waals surface area contributed by atoms with Crippen LogP contribution in [0.1, 0.15) is 0 Å². The fraction of sp³-hybridized carbons (Fsp3) is 0. The molecular weight excluding hydrogens is 302 g/mol. The average molecular weight is 303 g/mol. The molecule has 0 fully saturated rings. The largest absolute Gasteiger partial charge is 2.00 e. The van der Waals surface area contributed by atoms with Crippen molar-refractivity contribution >= 4 is 7.82 Å². The molecule has 0 atom stereocenters. The normalized spacial score (nSPS) is 8.64. The van der Waals surface area contributed by atoms with E-state index in [2.05, 4.69) is 0 Å². The van der Waals surface area contributed by atoms with Gasteiger partial charge in [0.1, 0.15) is 0 Å². The Kier molecular flexibility index (Phi) is 25.2. The third-order valence-electron chi connectivity index (χ3n) is 0. The van der Waals surface area contributed by atoms with Gasteiger partial charge < -0.3 is 27.6 Å². The molecular formula is HBrFeNaO7P. The van der Waals surface area contributed by atoms with Crippen molar-refractivity contribution in [3.05, 3.63) is 0 Å². The van der Waals surface area contributed by atoms with Gasteiger partial charge in [-0.2, -0.15) is 7.82 Å². The van der Waals surface area contributed by atoms with E-state index in [1.165, 1.54) is 0 Å². The predicted molar refractivity (Wildman–Crippen MR) is 9.83 cm³/mol. The number of halogens is 1. The van der Waals surface area contributed by atoms with E-state index in [-0.39, 0.29) is 46.6 Å². The van der Waals surface area contributed by atoms with E-state index in [1.54, 1.807) is 0 Å². The molecule has 1 N–H and O–H groups in total. The molecule has 0 radical (unpaired) electrons. The second kappa shape index (κ2) is 12.0. The zero-order valence-corrected chi connectivity index (χ0v) is 10.7. The number of hydrogen-bond acceptors (Lipinski definition) is 7. The maximum Gasteiger partial charge on any atom is 2.00 e. The molecule has 0 aromatic carbocycles. The van der Waals surface area contributed by atoms with Gasteiger partial charge >= 0.3 is 61.4 Å². The quantitative estimate of drug-likeness (QED) is 0.344. The third-order valence-corrected chi connectivity index (χ3v) is 0. The zero-order chi connectivity index (χ0) is 8.08. The molecule has 0 aliphatic heterocycles. The summed E-state index contributed by atoms with van der Waals surface area (Å²) in [5.74, 6) is 0. The Morgan fingerprint density at radius 2 is 1.18 bits per heavy atom. The first-order valence-electron chi connectivity index (χ1n) is 1.21. The molecule has 11 heavy (non-hydrogen) atoms. The maximum absolute atomic E-state index is 8.63. The summed E-state index contributed by atoms with van der Waals surface area (Å²) in [4.78, 5) is 25.6. The van der Waals surface area contributed by atoms with Crippen molar-refractivity contribution in [1.82, 2.24) is 0 Å². The smallest absolute Gasteiger partial charge is 0.822 e. The molecule has 0 rings (SSSR count). The second-order valence-electron chi connectivity index (χ2n) is 0.648. The van der Waals surface area contributed by atoms with Gasteiger partial charge in [-0.05, 0) is 4.20 Å². The topological polar surface area (TPSA) is 153 Å². The van der Waals surface area contributed by atoms with Crippen LogP contribution in [0.5, 0.6) is 0 Å². The molecule has 0 saturated carbocycles. The summed E-state index contributed by atoms with van der Waals surface area (Å²) in [6.07, 6.45) is 0. The Morgan fingerprint density at radius 3 is 1.18 bits per heavy atom. The Balaban J connectivity index is -0.0000000383. The summed E-state index contributed by atoms with van der Waals surface area (Å²) < 4.78 is 32.9. The van der Waals surface area contributed by atoms with Gasteiger partial charge in [0.05, 0.1) is 0 Å². The van der Waals surface area contributed by atoms with Crippen molar-refractivity contribution in [2.75, 3.05) is 0 Å². The molecule has 11 heteroatoms. The molecule has 0 heterocycles. The van der Waals surface area contributed by atoms with Crippen molar-refractivity contribution in [3.63, 3.8) is 0 Å². The summed E-state index contributed by atoms with van der Waals surface area (Å²) in [5.41, 5.74) is 0. The zero-order valence-electron chi connectivity index (χ0n) is 5.08. The van der Waals surface area contributed by atoms with Crippen LogP contribution < -0.4 is 52.6 Å². The molecule has 0 aliphatic rings. The fourth-order valence-electron chi connectivity index (χ4n) is 0. The number of hydrogen-bond donors (Lipinski definition) is 1. The molecule has 64 valence electrons. The van der Waals surface area contributed by atoms with E-state index in [1.807, 2.05) is 0 Å². The van der Waals surface area contributed by atoms with Gasteiger partial charge in [-0.25, -0.2) is 0 Å². The second-order valence-corrected chi connectivity index (χ2v) is 2.39. The van der Waals surface area contributed by atoms with Crippen LogP contribution in [0.25, 0.3) is 0 Å². The van der Waals surface area contributed by atoms with Crippen LogP contribution in [0.2, 0.25) is 0 Å². The van der Waals surface area contributed by atoms with Crippen molar-refractivity contribution in [1.29, 1.82) is 0 Å². The Labute approximate surface area is 100 Å². The van der Waals surface area contributed by atoms with Crippen LogP contribution in [0.3, 0.4) is 0 Å². The van der Waals surface area contributed by atoms with Crippen molar-refractivity contribution in [3.8, 4) is 0 Å². The van der Waals surface area contributed by atoms with Gasteiger partial charge in [0.15, 0.2) is 0 Å². The first-order valence-corrected chi connectivity index (χ1v) is 4.67. The molecule has 0 aromatic heterocycles. The summed E-state index contributed by atoms with van der Waals surface area (Å²) in [6, 6.07) is 0. The van der Waals surface area contributed by atoms with E-state index in [4.69, 9.17) is 31.8 Å². The van der Waals surface area contributed by atoms with Gasteiger partial charge in [-0.15, -0.1) is 0 Å². The molecule has 0 saturated heterocycles. The fourth-order valence-corrected chi connectivity index (χ4v) is 0. The third kappa shape index (κ3) is 302. The van der Waals surface area contributed by atoms with E-state index < -0.39 is 22.6 Å². The van der Waals surface area contributed by atoms with Gasteiger partial charge in [0.25, 0.3) is 0 Å². The minimum atomic E-state index is -5.39. The molecule has 0 unspecified atom stereocenters. The Bertz CT molecular complexity index is 89.6. The maximum atomic E-state index is 8.63. The van der Waals surface area contributed by atoms with Crippen molar-refractivity contribution < 1.29 is 93.3 Å². The van der Waals surface area contributed by atoms with E-state index in [0.29, 0.717) is 0 Å². The summed E-state index contributed by atoms with van der Waals surface area (Å²) in [7, 11) is -5.39. The average Bonchev–Trinajstić information content (AvgIpc) is 1.19. The Hall–Kier alpha value is 1.99. The van der Waals surface area contributed by atoms with Gasteiger partial charge in [-0.1, -0.05) is 0 Å². The Morgan fingerprint density at radius 1 is 1.18 bits per heavy atom. The summed E-state index contributed by atoms with van der Waals surface area (Å²) >= 11 is -3.40. The molecule has 0 aliphatic carbocycles. The van der Waals surface area contributed by atoms with Crippen LogP contribution in [-0.2, 0) is 21.6 Å².